The van der Waals surface area contributed by atoms with E-state index in [9.17, 15) is 4.79 Å². The highest BCUT2D eigenvalue weighted by Gasteiger charge is 2.13. The molecule has 0 bridgehead atoms. The second-order valence-electron chi connectivity index (χ2n) is 5.87. The number of hydrogen-bond donors (Lipinski definition) is 1. The molecule has 0 spiro atoms. The van der Waals surface area contributed by atoms with Crippen molar-refractivity contribution in [1.29, 1.82) is 0 Å². The van der Waals surface area contributed by atoms with E-state index in [1.807, 2.05) is 54.6 Å². The lowest BCUT2D eigenvalue weighted by atomic mass is 10.1. The van der Waals surface area contributed by atoms with Crippen LogP contribution in [0.4, 0.5) is 5.13 Å². The summed E-state index contributed by atoms with van der Waals surface area (Å²) < 4.78 is 1.67. The largest absolute Gasteiger partial charge is 0.296 e. The molecule has 0 radical (unpaired) electrons. The molecule has 0 saturated heterocycles. The molecule has 0 aliphatic carbocycles. The van der Waals surface area contributed by atoms with Crippen molar-refractivity contribution in [1.82, 2.24) is 14.8 Å². The average Bonchev–Trinajstić information content (AvgIpc) is 3.32. The van der Waals surface area contributed by atoms with E-state index in [1.54, 1.807) is 23.1 Å². The maximum atomic E-state index is 12.4. The van der Waals surface area contributed by atoms with Gasteiger partial charge in [-0.1, -0.05) is 41.9 Å². The van der Waals surface area contributed by atoms with Crippen molar-refractivity contribution in [3.63, 3.8) is 0 Å². The van der Waals surface area contributed by atoms with Gasteiger partial charge in [0.25, 0.3) is 5.91 Å². The number of aromatic nitrogens is 3. The van der Waals surface area contributed by atoms with Crippen LogP contribution in [0.2, 0.25) is 5.02 Å². The van der Waals surface area contributed by atoms with Crippen LogP contribution in [-0.4, -0.2) is 20.7 Å². The number of para-hydroxylation sites is 1. The molecule has 7 heteroatoms. The van der Waals surface area contributed by atoms with Crippen molar-refractivity contribution in [2.75, 3.05) is 5.32 Å². The molecule has 4 aromatic rings. The Kier molecular flexibility index (Phi) is 5.00. The molecule has 2 heterocycles. The molecule has 1 N–H and O–H groups in total. The van der Waals surface area contributed by atoms with Gasteiger partial charge in [-0.15, -0.1) is 11.3 Å². The first-order chi connectivity index (χ1) is 13.2. The average molecular weight is 395 g/mol. The van der Waals surface area contributed by atoms with E-state index in [0.29, 0.717) is 15.8 Å². The maximum Gasteiger partial charge on any atom is 0.277 e. The van der Waals surface area contributed by atoms with E-state index in [-0.39, 0.29) is 5.91 Å². The van der Waals surface area contributed by atoms with Crippen molar-refractivity contribution < 1.29 is 4.79 Å². The molecule has 5 nitrogen and oxygen atoms in total. The number of carbonyl (C=O) groups is 1. The van der Waals surface area contributed by atoms with Gasteiger partial charge in [0, 0.05) is 28.7 Å². The number of rotatable bonds is 5. The van der Waals surface area contributed by atoms with Crippen LogP contribution in [-0.2, 0) is 6.42 Å². The van der Waals surface area contributed by atoms with Gasteiger partial charge in [-0.2, -0.15) is 5.10 Å². The third kappa shape index (κ3) is 4.24. The molecule has 2 aromatic heterocycles. The number of carbonyl (C=O) groups excluding carboxylic acids is 1. The van der Waals surface area contributed by atoms with Gasteiger partial charge >= 0.3 is 0 Å². The van der Waals surface area contributed by atoms with Crippen LogP contribution in [0.3, 0.4) is 0 Å². The van der Waals surface area contributed by atoms with Crippen LogP contribution in [0.15, 0.2) is 73.1 Å². The minimum absolute atomic E-state index is 0.284. The highest BCUT2D eigenvalue weighted by molar-refractivity contribution is 7.15. The van der Waals surface area contributed by atoms with Gasteiger partial charge in [-0.3, -0.25) is 10.1 Å². The van der Waals surface area contributed by atoms with Crippen molar-refractivity contribution in [2.45, 2.75) is 6.42 Å². The molecule has 1 amide bonds. The van der Waals surface area contributed by atoms with Gasteiger partial charge in [-0.05, 0) is 35.9 Å². The summed E-state index contributed by atoms with van der Waals surface area (Å²) in [5.74, 6) is -0.284. The summed E-state index contributed by atoms with van der Waals surface area (Å²) >= 11 is 7.46. The summed E-state index contributed by atoms with van der Waals surface area (Å²) in [4.78, 5) is 17.8. The van der Waals surface area contributed by atoms with Crippen LogP contribution in [0.1, 0.15) is 20.9 Å². The molecule has 134 valence electrons. The highest BCUT2D eigenvalue weighted by Crippen LogP contribution is 2.23. The van der Waals surface area contributed by atoms with Crippen LogP contribution in [0.25, 0.3) is 5.69 Å². The Morgan fingerprint density at radius 2 is 1.96 bits per heavy atom. The Bertz CT molecular complexity index is 1070. The minimum atomic E-state index is -0.284. The molecule has 0 saturated carbocycles. The highest BCUT2D eigenvalue weighted by atomic mass is 35.5. The monoisotopic (exact) mass is 394 g/mol. The lowest BCUT2D eigenvalue weighted by Gasteiger charge is -2.00. The minimum Gasteiger partial charge on any atom is -0.296 e. The zero-order valence-electron chi connectivity index (χ0n) is 14.2. The predicted octanol–water partition coefficient (Wildman–Crippen LogP) is 4.83. The molecule has 2 aromatic carbocycles. The molecule has 0 atom stereocenters. The van der Waals surface area contributed by atoms with Crippen LogP contribution >= 0.6 is 22.9 Å². The van der Waals surface area contributed by atoms with Gasteiger partial charge in [0.15, 0.2) is 10.8 Å². The maximum absolute atomic E-state index is 12.4. The summed E-state index contributed by atoms with van der Waals surface area (Å²) in [6.45, 7) is 0. The fourth-order valence-electron chi connectivity index (χ4n) is 2.63. The van der Waals surface area contributed by atoms with Crippen molar-refractivity contribution in [2.24, 2.45) is 0 Å². The van der Waals surface area contributed by atoms with Crippen LogP contribution in [0.5, 0.6) is 0 Å². The first-order valence-electron chi connectivity index (χ1n) is 8.29. The number of thiazole rings is 1. The van der Waals surface area contributed by atoms with Crippen LogP contribution < -0.4 is 5.32 Å². The van der Waals surface area contributed by atoms with Crippen molar-refractivity contribution in [3.05, 3.63) is 94.2 Å². The van der Waals surface area contributed by atoms with Crippen molar-refractivity contribution >= 4 is 34.0 Å². The molecule has 4 rings (SSSR count). The topological polar surface area (TPSA) is 59.8 Å². The SMILES string of the molecule is O=C(Nc1ncc(Cc2cccc(Cl)c2)s1)c1ccn(-c2ccccc2)n1. The fraction of sp³-hybridized carbons (Fsp3) is 0.0500. The molecule has 0 fully saturated rings. The molecule has 0 aliphatic heterocycles. The molecule has 0 aliphatic rings. The van der Waals surface area contributed by atoms with Crippen LogP contribution in [0, 0.1) is 0 Å². The Balaban J connectivity index is 1.43. The standard InChI is InChI=1S/C20H15ClN4OS/c21-15-6-4-5-14(11-15)12-17-13-22-20(27-17)23-19(26)18-9-10-25(24-18)16-7-2-1-3-8-16/h1-11,13H,12H2,(H,22,23,26). The summed E-state index contributed by atoms with van der Waals surface area (Å²) in [6.07, 6.45) is 4.25. The third-order valence-electron chi connectivity index (χ3n) is 3.88. The Hall–Kier alpha value is -2.96. The summed E-state index contributed by atoms with van der Waals surface area (Å²) in [5, 5.41) is 8.39. The van der Waals surface area contributed by atoms with Gasteiger partial charge in [0.1, 0.15) is 0 Å². The molecular weight excluding hydrogens is 380 g/mol. The van der Waals surface area contributed by atoms with E-state index < -0.39 is 0 Å². The van der Waals surface area contributed by atoms with E-state index in [1.165, 1.54) is 11.3 Å². The van der Waals surface area contributed by atoms with Gasteiger partial charge in [0.2, 0.25) is 0 Å². The Morgan fingerprint density at radius 3 is 2.78 bits per heavy atom. The lowest BCUT2D eigenvalue weighted by molar-refractivity contribution is 0.102. The van der Waals surface area contributed by atoms with E-state index in [0.717, 1.165) is 22.5 Å². The first-order valence-corrected chi connectivity index (χ1v) is 9.48. The Morgan fingerprint density at radius 1 is 1.11 bits per heavy atom. The normalized spacial score (nSPS) is 10.7. The third-order valence-corrected chi connectivity index (χ3v) is 5.03. The summed E-state index contributed by atoms with van der Waals surface area (Å²) in [6, 6.07) is 19.0. The van der Waals surface area contributed by atoms with Gasteiger partial charge in [0.05, 0.1) is 5.69 Å². The number of nitrogens with zero attached hydrogens (tertiary/aromatic N) is 3. The smallest absolute Gasteiger partial charge is 0.277 e. The quantitative estimate of drug-likeness (QED) is 0.527. The molecular formula is C20H15ClN4OS. The number of hydrogen-bond acceptors (Lipinski definition) is 4. The number of benzene rings is 2. The first kappa shape index (κ1) is 17.5. The fourth-order valence-corrected chi connectivity index (χ4v) is 3.68. The molecule has 0 unspecified atom stereocenters. The zero-order valence-corrected chi connectivity index (χ0v) is 15.7. The number of halogens is 1. The number of anilines is 1. The van der Waals surface area contributed by atoms with Gasteiger partial charge in [-0.25, -0.2) is 9.67 Å². The zero-order chi connectivity index (χ0) is 18.6. The van der Waals surface area contributed by atoms with E-state index in [4.69, 9.17) is 11.6 Å². The summed E-state index contributed by atoms with van der Waals surface area (Å²) in [7, 11) is 0. The predicted molar refractivity (Wildman–Crippen MR) is 108 cm³/mol. The van der Waals surface area contributed by atoms with Crippen molar-refractivity contribution in [3.8, 4) is 5.69 Å². The second kappa shape index (κ2) is 7.73. The summed E-state index contributed by atoms with van der Waals surface area (Å²) in [5.41, 5.74) is 2.34. The van der Waals surface area contributed by atoms with Gasteiger partial charge < -0.3 is 0 Å². The number of amides is 1. The van der Waals surface area contributed by atoms with E-state index in [2.05, 4.69) is 15.4 Å². The number of nitrogens with one attached hydrogen (secondary N) is 1. The lowest BCUT2D eigenvalue weighted by Crippen LogP contribution is -2.12. The van der Waals surface area contributed by atoms with E-state index >= 15 is 0 Å². The Labute approximate surface area is 165 Å². The second-order valence-corrected chi connectivity index (χ2v) is 7.43. The molecule has 27 heavy (non-hydrogen) atoms.